The molecular formula is C12H12FNO2S. The molecule has 0 saturated carbocycles. The Morgan fingerprint density at radius 1 is 1.47 bits per heavy atom. The molecule has 3 nitrogen and oxygen atoms in total. The molecule has 2 aromatic rings. The van der Waals surface area contributed by atoms with Gasteiger partial charge in [-0.2, -0.15) is 0 Å². The summed E-state index contributed by atoms with van der Waals surface area (Å²) in [7, 11) is 0. The Labute approximate surface area is 103 Å². The fourth-order valence-electron chi connectivity index (χ4n) is 1.42. The van der Waals surface area contributed by atoms with Crippen LogP contribution in [0.1, 0.15) is 12.6 Å². The van der Waals surface area contributed by atoms with Gasteiger partial charge in [-0.3, -0.25) is 0 Å². The van der Waals surface area contributed by atoms with E-state index in [9.17, 15) is 9.50 Å². The van der Waals surface area contributed by atoms with E-state index in [1.165, 1.54) is 6.07 Å². The van der Waals surface area contributed by atoms with Crippen LogP contribution in [0.15, 0.2) is 18.2 Å². The maximum Gasteiger partial charge on any atom is 0.195 e. The maximum absolute atomic E-state index is 13.6. The van der Waals surface area contributed by atoms with Gasteiger partial charge in [-0.15, -0.1) is 0 Å². The largest absolute Gasteiger partial charge is 0.498 e. The molecule has 0 radical (unpaired) electrons. The van der Waals surface area contributed by atoms with E-state index in [0.717, 1.165) is 11.3 Å². The summed E-state index contributed by atoms with van der Waals surface area (Å²) in [6.45, 7) is 3.93. The highest BCUT2D eigenvalue weighted by molar-refractivity contribution is 7.16. The Kier molecular flexibility index (Phi) is 3.28. The van der Waals surface area contributed by atoms with Gasteiger partial charge in [0.2, 0.25) is 0 Å². The number of rotatable bonds is 3. The molecule has 0 fully saturated rings. The molecule has 0 amide bonds. The minimum absolute atomic E-state index is 0.161. The van der Waals surface area contributed by atoms with Crippen molar-refractivity contribution in [3.63, 3.8) is 0 Å². The Bertz CT molecular complexity index is 520. The first kappa shape index (κ1) is 11.9. The number of hydrogen-bond donors (Lipinski definition) is 1. The van der Waals surface area contributed by atoms with Crippen molar-refractivity contribution in [1.82, 2.24) is 4.98 Å². The van der Waals surface area contributed by atoms with Gasteiger partial charge in [0.25, 0.3) is 0 Å². The van der Waals surface area contributed by atoms with Crippen LogP contribution in [-0.2, 0) is 0 Å². The van der Waals surface area contributed by atoms with Crippen molar-refractivity contribution in [3.05, 3.63) is 29.7 Å². The standard InChI is InChI=1S/C12H12FNO2S/c1-3-16-10-5-4-8(6-9(10)13)11-14-7(2)12(15)17-11/h4-6,15H,3H2,1-2H3. The molecule has 5 heteroatoms. The van der Waals surface area contributed by atoms with Crippen LogP contribution in [0.2, 0.25) is 0 Å². The highest BCUT2D eigenvalue weighted by Crippen LogP contribution is 2.33. The van der Waals surface area contributed by atoms with Gasteiger partial charge in [-0.05, 0) is 32.0 Å². The van der Waals surface area contributed by atoms with E-state index in [-0.39, 0.29) is 10.8 Å². The smallest absolute Gasteiger partial charge is 0.195 e. The fourth-order valence-corrected chi connectivity index (χ4v) is 2.22. The van der Waals surface area contributed by atoms with E-state index in [4.69, 9.17) is 4.74 Å². The first-order chi connectivity index (χ1) is 8.11. The Balaban J connectivity index is 2.37. The molecule has 1 aromatic heterocycles. The predicted octanol–water partition coefficient (Wildman–Crippen LogP) is 3.36. The molecule has 0 saturated heterocycles. The number of aromatic hydroxyl groups is 1. The van der Waals surface area contributed by atoms with Gasteiger partial charge < -0.3 is 9.84 Å². The van der Waals surface area contributed by atoms with E-state index in [1.807, 2.05) is 0 Å². The molecule has 0 bridgehead atoms. The fraction of sp³-hybridized carbons (Fsp3) is 0.250. The zero-order valence-electron chi connectivity index (χ0n) is 9.53. The van der Waals surface area contributed by atoms with Crippen molar-refractivity contribution < 1.29 is 14.2 Å². The summed E-state index contributed by atoms with van der Waals surface area (Å²) in [5.74, 6) is -0.189. The number of halogens is 1. The summed E-state index contributed by atoms with van der Waals surface area (Å²) < 4.78 is 18.7. The molecule has 1 N–H and O–H groups in total. The number of nitrogens with zero attached hydrogens (tertiary/aromatic N) is 1. The van der Waals surface area contributed by atoms with E-state index < -0.39 is 5.82 Å². The minimum atomic E-state index is -0.420. The summed E-state index contributed by atoms with van der Waals surface area (Å²) in [4.78, 5) is 4.16. The van der Waals surface area contributed by atoms with Gasteiger partial charge in [0.05, 0.1) is 12.3 Å². The Hall–Kier alpha value is -1.62. The molecule has 1 heterocycles. The van der Waals surface area contributed by atoms with Crippen molar-refractivity contribution >= 4 is 11.3 Å². The van der Waals surface area contributed by atoms with Crippen molar-refractivity contribution in [1.29, 1.82) is 0 Å². The van der Waals surface area contributed by atoms with Crippen LogP contribution in [0.25, 0.3) is 10.6 Å². The van der Waals surface area contributed by atoms with Crippen LogP contribution < -0.4 is 4.74 Å². The number of hydrogen-bond acceptors (Lipinski definition) is 4. The van der Waals surface area contributed by atoms with Gasteiger partial charge in [0, 0.05) is 5.56 Å². The third kappa shape index (κ3) is 2.39. The second-order valence-corrected chi connectivity index (χ2v) is 4.47. The van der Waals surface area contributed by atoms with Crippen LogP contribution in [0.3, 0.4) is 0 Å². The molecule has 0 aliphatic heterocycles. The average molecular weight is 253 g/mol. The highest BCUT2D eigenvalue weighted by atomic mass is 32.1. The van der Waals surface area contributed by atoms with Crippen LogP contribution in [0, 0.1) is 12.7 Å². The topological polar surface area (TPSA) is 42.4 Å². The van der Waals surface area contributed by atoms with Crippen molar-refractivity contribution in [2.24, 2.45) is 0 Å². The van der Waals surface area contributed by atoms with Crippen LogP contribution in [-0.4, -0.2) is 16.7 Å². The van der Waals surface area contributed by atoms with Crippen molar-refractivity contribution in [3.8, 4) is 21.4 Å². The lowest BCUT2D eigenvalue weighted by Crippen LogP contribution is -1.94. The molecule has 0 aliphatic rings. The molecule has 2 rings (SSSR count). The Morgan fingerprint density at radius 2 is 2.24 bits per heavy atom. The van der Waals surface area contributed by atoms with Crippen LogP contribution in [0.5, 0.6) is 10.8 Å². The van der Waals surface area contributed by atoms with E-state index in [2.05, 4.69) is 4.98 Å². The van der Waals surface area contributed by atoms with E-state index >= 15 is 0 Å². The normalized spacial score (nSPS) is 10.5. The SMILES string of the molecule is CCOc1ccc(-c2nc(C)c(O)s2)cc1F. The molecule has 1 aromatic carbocycles. The summed E-state index contributed by atoms with van der Waals surface area (Å²) in [5.41, 5.74) is 1.19. The van der Waals surface area contributed by atoms with E-state index in [0.29, 0.717) is 22.9 Å². The number of aromatic nitrogens is 1. The zero-order valence-corrected chi connectivity index (χ0v) is 10.3. The van der Waals surface area contributed by atoms with Crippen LogP contribution in [0.4, 0.5) is 4.39 Å². The second-order valence-electron chi connectivity index (χ2n) is 3.49. The number of aryl methyl sites for hydroxylation is 1. The lowest BCUT2D eigenvalue weighted by molar-refractivity contribution is 0.321. The van der Waals surface area contributed by atoms with E-state index in [1.54, 1.807) is 26.0 Å². The number of benzene rings is 1. The molecule has 0 spiro atoms. The number of thiazole rings is 1. The Morgan fingerprint density at radius 3 is 2.76 bits per heavy atom. The van der Waals surface area contributed by atoms with Crippen molar-refractivity contribution in [2.75, 3.05) is 6.61 Å². The zero-order chi connectivity index (χ0) is 12.4. The minimum Gasteiger partial charge on any atom is -0.498 e. The first-order valence-electron chi connectivity index (χ1n) is 5.21. The van der Waals surface area contributed by atoms with Gasteiger partial charge in [-0.1, -0.05) is 11.3 Å². The van der Waals surface area contributed by atoms with Crippen molar-refractivity contribution in [2.45, 2.75) is 13.8 Å². The lowest BCUT2D eigenvalue weighted by Gasteiger charge is -2.05. The maximum atomic E-state index is 13.6. The number of ether oxygens (including phenoxy) is 1. The predicted molar refractivity (Wildman–Crippen MR) is 65.1 cm³/mol. The summed E-state index contributed by atoms with van der Waals surface area (Å²) >= 11 is 1.13. The molecule has 0 aliphatic carbocycles. The van der Waals surface area contributed by atoms with Gasteiger partial charge in [-0.25, -0.2) is 9.37 Å². The summed E-state index contributed by atoms with van der Waals surface area (Å²) in [5, 5.41) is 10.2. The third-order valence-corrected chi connectivity index (χ3v) is 3.26. The molecule has 0 unspecified atom stereocenters. The summed E-state index contributed by atoms with van der Waals surface area (Å²) in [6.07, 6.45) is 0. The average Bonchev–Trinajstić information content (AvgIpc) is 2.62. The molecular weight excluding hydrogens is 241 g/mol. The summed E-state index contributed by atoms with van der Waals surface area (Å²) in [6, 6.07) is 4.66. The third-order valence-electron chi connectivity index (χ3n) is 2.25. The van der Waals surface area contributed by atoms with Gasteiger partial charge in [0.15, 0.2) is 16.6 Å². The molecule has 17 heavy (non-hydrogen) atoms. The molecule has 0 atom stereocenters. The first-order valence-corrected chi connectivity index (χ1v) is 6.02. The highest BCUT2D eigenvalue weighted by Gasteiger charge is 2.11. The quantitative estimate of drug-likeness (QED) is 0.912. The van der Waals surface area contributed by atoms with Gasteiger partial charge >= 0.3 is 0 Å². The molecule has 90 valence electrons. The van der Waals surface area contributed by atoms with Crippen LogP contribution >= 0.6 is 11.3 Å². The second kappa shape index (κ2) is 4.71. The lowest BCUT2D eigenvalue weighted by atomic mass is 10.2. The van der Waals surface area contributed by atoms with Gasteiger partial charge in [0.1, 0.15) is 5.01 Å². The monoisotopic (exact) mass is 253 g/mol.